The van der Waals surface area contributed by atoms with E-state index in [0.29, 0.717) is 22.6 Å². The van der Waals surface area contributed by atoms with Crippen molar-refractivity contribution < 1.29 is 22.7 Å². The van der Waals surface area contributed by atoms with Crippen LogP contribution in [0.25, 0.3) is 17.1 Å². The highest BCUT2D eigenvalue weighted by atomic mass is 32.2. The van der Waals surface area contributed by atoms with Crippen molar-refractivity contribution in [3.63, 3.8) is 0 Å². The molecule has 1 atom stereocenters. The van der Waals surface area contributed by atoms with Gasteiger partial charge in [-0.1, -0.05) is 61.2 Å². The number of amides is 2. The van der Waals surface area contributed by atoms with Gasteiger partial charge in [-0.25, -0.2) is 19.9 Å². The number of alkyl halides is 3. The number of thioether (sulfide) groups is 1. The van der Waals surface area contributed by atoms with Crippen LogP contribution in [0.4, 0.5) is 23.7 Å². The first-order valence-electron chi connectivity index (χ1n) is 13.2. The molecule has 1 aromatic heterocycles. The average molecular weight is 604 g/mol. The van der Waals surface area contributed by atoms with Gasteiger partial charge in [-0.15, -0.1) is 18.3 Å². The maximum absolute atomic E-state index is 12.6. The largest absolute Gasteiger partial charge is 0.573 e. The number of ether oxygens (including phenoxy) is 1. The molecule has 1 unspecified atom stereocenters. The monoisotopic (exact) mass is 603 g/mol. The number of aromatic nitrogens is 3. The maximum Gasteiger partial charge on any atom is 0.573 e. The second-order valence-corrected chi connectivity index (χ2v) is 10.8. The summed E-state index contributed by atoms with van der Waals surface area (Å²) in [6.07, 6.45) is 0.426. The summed E-state index contributed by atoms with van der Waals surface area (Å²) in [6, 6.07) is 18.2. The molecule has 2 aliphatic rings. The number of hydrazone groups is 1. The quantitative estimate of drug-likeness (QED) is 0.199. The van der Waals surface area contributed by atoms with E-state index in [9.17, 15) is 18.0 Å². The van der Waals surface area contributed by atoms with Crippen LogP contribution in [0.5, 0.6) is 5.75 Å². The number of anilines is 1. The van der Waals surface area contributed by atoms with Gasteiger partial charge >= 0.3 is 12.4 Å². The Balaban J connectivity index is 1.08. The van der Waals surface area contributed by atoms with Crippen LogP contribution in [-0.2, 0) is 0 Å². The Labute approximate surface area is 248 Å². The van der Waals surface area contributed by atoms with Gasteiger partial charge in [0.1, 0.15) is 12.1 Å². The standard InChI is InChI=1S/C30H24F3N7O2S/c1-18-3-12-25-19(2)14-23-16-43-29(40(23)26(25)13-18)36-28(41)37-35-15-20-4-6-21(7-5-20)27-34-17-39(38-27)22-8-10-24(11-9-22)42-30(31,32)33/h3-15,17,19H,16H2,1-2H3,(H,37,41)/b35-15+,36-29?. The van der Waals surface area contributed by atoms with Crippen LogP contribution in [0.2, 0.25) is 0 Å². The summed E-state index contributed by atoms with van der Waals surface area (Å²) >= 11 is 1.51. The number of allylic oxidation sites excluding steroid dienone is 1. The maximum atomic E-state index is 12.6. The van der Waals surface area contributed by atoms with Crippen LogP contribution in [0.15, 0.2) is 94.9 Å². The highest BCUT2D eigenvalue weighted by Gasteiger charge is 2.33. The summed E-state index contributed by atoms with van der Waals surface area (Å²) in [4.78, 5) is 23.2. The lowest BCUT2D eigenvalue weighted by atomic mass is 9.93. The third-order valence-corrected chi connectivity index (χ3v) is 7.73. The van der Waals surface area contributed by atoms with E-state index < -0.39 is 12.4 Å². The molecule has 6 rings (SSSR count). The first kappa shape index (κ1) is 28.2. The summed E-state index contributed by atoms with van der Waals surface area (Å²) in [6.45, 7) is 4.21. The molecule has 0 spiro atoms. The molecular weight excluding hydrogens is 579 g/mol. The van der Waals surface area contributed by atoms with E-state index in [1.54, 1.807) is 24.3 Å². The highest BCUT2D eigenvalue weighted by Crippen LogP contribution is 2.43. The molecule has 4 aromatic rings. The van der Waals surface area contributed by atoms with E-state index in [0.717, 1.165) is 33.8 Å². The molecule has 9 nitrogen and oxygen atoms in total. The van der Waals surface area contributed by atoms with E-state index in [4.69, 9.17) is 0 Å². The van der Waals surface area contributed by atoms with Crippen LogP contribution in [0.1, 0.15) is 29.5 Å². The van der Waals surface area contributed by atoms with Gasteiger partial charge in [0.15, 0.2) is 11.0 Å². The fraction of sp³-hybridized carbons (Fsp3) is 0.167. The number of nitrogens with zero attached hydrogens (tertiary/aromatic N) is 6. The lowest BCUT2D eigenvalue weighted by Crippen LogP contribution is -2.28. The van der Waals surface area contributed by atoms with E-state index in [1.807, 2.05) is 11.8 Å². The zero-order valence-corrected chi connectivity index (χ0v) is 23.7. The zero-order valence-electron chi connectivity index (χ0n) is 22.9. The third-order valence-electron chi connectivity index (χ3n) is 6.75. The molecule has 3 heterocycles. The van der Waals surface area contributed by atoms with Crippen LogP contribution in [0.3, 0.4) is 0 Å². The van der Waals surface area contributed by atoms with E-state index in [2.05, 4.69) is 61.5 Å². The lowest BCUT2D eigenvalue weighted by molar-refractivity contribution is -0.274. The smallest absolute Gasteiger partial charge is 0.406 e. The molecule has 13 heteroatoms. The van der Waals surface area contributed by atoms with Crippen molar-refractivity contribution in [2.24, 2.45) is 10.1 Å². The number of fused-ring (bicyclic) bond motifs is 3. The van der Waals surface area contributed by atoms with Crippen molar-refractivity contribution in [3.05, 3.63) is 102 Å². The van der Waals surface area contributed by atoms with Crippen LogP contribution in [-0.4, -0.2) is 44.3 Å². The number of halogens is 3. The van der Waals surface area contributed by atoms with Crippen LogP contribution >= 0.6 is 11.8 Å². The van der Waals surface area contributed by atoms with Gasteiger partial charge in [0.2, 0.25) is 0 Å². The number of hydrogen-bond donors (Lipinski definition) is 1. The fourth-order valence-electron chi connectivity index (χ4n) is 4.78. The predicted molar refractivity (Wildman–Crippen MR) is 160 cm³/mol. The Morgan fingerprint density at radius 3 is 2.63 bits per heavy atom. The van der Waals surface area contributed by atoms with Crippen molar-refractivity contribution in [2.75, 3.05) is 10.7 Å². The van der Waals surface area contributed by atoms with Gasteiger partial charge < -0.3 is 4.74 Å². The molecule has 218 valence electrons. The molecule has 0 aliphatic carbocycles. The topological polar surface area (TPSA) is 97.0 Å². The Morgan fingerprint density at radius 2 is 1.88 bits per heavy atom. The molecule has 2 aliphatic heterocycles. The number of aliphatic imine (C=N–C) groups is 1. The van der Waals surface area contributed by atoms with Gasteiger partial charge in [-0.05, 0) is 53.9 Å². The number of benzene rings is 3. The van der Waals surface area contributed by atoms with Crippen LogP contribution in [0, 0.1) is 6.92 Å². The number of carbonyl (C=O) groups is 1. The Morgan fingerprint density at radius 1 is 1.12 bits per heavy atom. The van der Waals surface area contributed by atoms with Crippen molar-refractivity contribution in [1.82, 2.24) is 20.2 Å². The Hall–Kier alpha value is -4.91. The minimum absolute atomic E-state index is 0.292. The molecule has 43 heavy (non-hydrogen) atoms. The van der Waals surface area contributed by atoms with Crippen LogP contribution < -0.4 is 15.1 Å². The molecule has 1 N–H and O–H groups in total. The number of carbonyl (C=O) groups excluding carboxylic acids is 1. The van der Waals surface area contributed by atoms with Gasteiger partial charge in [0, 0.05) is 22.9 Å². The predicted octanol–water partition coefficient (Wildman–Crippen LogP) is 6.80. The summed E-state index contributed by atoms with van der Waals surface area (Å²) in [5, 5.41) is 9.05. The molecule has 0 radical (unpaired) electrons. The van der Waals surface area contributed by atoms with Gasteiger partial charge in [0.25, 0.3) is 0 Å². The van der Waals surface area contributed by atoms with Gasteiger partial charge in [0.05, 0.1) is 17.6 Å². The summed E-state index contributed by atoms with van der Waals surface area (Å²) < 4.78 is 42.5. The summed E-state index contributed by atoms with van der Waals surface area (Å²) in [5.41, 5.74) is 8.95. The molecule has 3 aromatic carbocycles. The van der Waals surface area contributed by atoms with Gasteiger partial charge in [-0.3, -0.25) is 4.90 Å². The molecule has 0 bridgehead atoms. The number of aryl methyl sites for hydroxylation is 1. The molecular formula is C30H24F3N7O2S. The summed E-state index contributed by atoms with van der Waals surface area (Å²) in [7, 11) is 0. The van der Waals surface area contributed by atoms with Crippen molar-refractivity contribution >= 4 is 34.9 Å². The second kappa shape index (κ2) is 11.4. The number of hydrogen-bond acceptors (Lipinski definition) is 6. The fourth-order valence-corrected chi connectivity index (χ4v) is 5.77. The third kappa shape index (κ3) is 6.31. The highest BCUT2D eigenvalue weighted by molar-refractivity contribution is 8.14. The first-order chi connectivity index (χ1) is 20.6. The van der Waals surface area contributed by atoms with E-state index in [1.165, 1.54) is 58.8 Å². The first-order valence-corrected chi connectivity index (χ1v) is 14.2. The Kier molecular flexibility index (Phi) is 7.48. The molecule has 1 fully saturated rings. The van der Waals surface area contributed by atoms with Crippen molar-refractivity contribution in [3.8, 4) is 22.8 Å². The minimum Gasteiger partial charge on any atom is -0.406 e. The SMILES string of the molecule is Cc1ccc2c(c1)N1C(=CC2C)CSC1=NC(=O)N/N=C/c1ccc(-c2ncn(-c3ccc(OC(F)(F)F)cc3)n2)cc1. The number of urea groups is 1. The van der Waals surface area contributed by atoms with Gasteiger partial charge in [-0.2, -0.15) is 10.1 Å². The molecule has 2 amide bonds. The lowest BCUT2D eigenvalue weighted by Gasteiger charge is -2.30. The van der Waals surface area contributed by atoms with E-state index >= 15 is 0 Å². The second-order valence-electron chi connectivity index (χ2n) is 9.88. The molecule has 0 saturated carbocycles. The average Bonchev–Trinajstić information content (AvgIpc) is 3.61. The number of rotatable bonds is 5. The van der Waals surface area contributed by atoms with E-state index in [-0.39, 0.29) is 5.75 Å². The number of nitrogens with one attached hydrogen (secondary N) is 1. The Bertz CT molecular complexity index is 1760. The minimum atomic E-state index is -4.76. The number of amidine groups is 1. The van der Waals surface area contributed by atoms with Crippen molar-refractivity contribution in [2.45, 2.75) is 26.1 Å². The normalized spacial score (nSPS) is 17.1. The summed E-state index contributed by atoms with van der Waals surface area (Å²) in [5.74, 6) is 1.14. The van der Waals surface area contributed by atoms with Crippen molar-refractivity contribution in [1.29, 1.82) is 0 Å². The molecule has 1 saturated heterocycles. The zero-order chi connectivity index (χ0) is 30.1.